The predicted molar refractivity (Wildman–Crippen MR) is 70.0 cm³/mol. The molecule has 0 amide bonds. The molecule has 2 rings (SSSR count). The van der Waals surface area contributed by atoms with Crippen LogP contribution in [0.15, 0.2) is 41.8 Å². The van der Waals surface area contributed by atoms with Gasteiger partial charge in [0.1, 0.15) is 0 Å². The Morgan fingerprint density at radius 1 is 1.33 bits per heavy atom. The van der Waals surface area contributed by atoms with Crippen molar-refractivity contribution in [1.29, 1.82) is 0 Å². The van der Waals surface area contributed by atoms with Crippen LogP contribution in [0.3, 0.4) is 0 Å². The molecule has 1 heterocycles. The molecule has 0 aliphatic carbocycles. The minimum atomic E-state index is 0.623. The minimum Gasteiger partial charge on any atom is -0.126 e. The SMILES string of the molecule is C/C=C(/c1ccc(C)cc1)C1CC=CS1. The highest BCUT2D eigenvalue weighted by molar-refractivity contribution is 8.03. The molecule has 0 N–H and O–H groups in total. The van der Waals surface area contributed by atoms with Crippen LogP contribution in [0.4, 0.5) is 0 Å². The Morgan fingerprint density at radius 3 is 2.60 bits per heavy atom. The molecule has 1 aliphatic rings. The summed E-state index contributed by atoms with van der Waals surface area (Å²) in [7, 11) is 0. The zero-order valence-corrected chi connectivity index (χ0v) is 10.1. The molecule has 0 saturated heterocycles. The summed E-state index contributed by atoms with van der Waals surface area (Å²) < 4.78 is 0. The maximum Gasteiger partial charge on any atom is 0.0375 e. The second-order valence-electron chi connectivity index (χ2n) is 3.84. The van der Waals surface area contributed by atoms with Crippen LogP contribution < -0.4 is 0 Å². The fourth-order valence-corrected chi connectivity index (χ4v) is 2.92. The van der Waals surface area contributed by atoms with Crippen molar-refractivity contribution in [2.45, 2.75) is 25.5 Å². The molecule has 1 aliphatic heterocycles. The molecule has 0 bridgehead atoms. The van der Waals surface area contributed by atoms with Gasteiger partial charge < -0.3 is 0 Å². The second-order valence-corrected chi connectivity index (χ2v) is 4.96. The number of hydrogen-bond donors (Lipinski definition) is 0. The van der Waals surface area contributed by atoms with E-state index in [1.165, 1.54) is 16.7 Å². The molecule has 0 fully saturated rings. The van der Waals surface area contributed by atoms with E-state index < -0.39 is 0 Å². The molecule has 0 aromatic heterocycles. The zero-order valence-electron chi connectivity index (χ0n) is 9.23. The fraction of sp³-hybridized carbons (Fsp3) is 0.286. The first-order valence-electron chi connectivity index (χ1n) is 5.35. The van der Waals surface area contributed by atoms with E-state index in [1.54, 1.807) is 0 Å². The van der Waals surface area contributed by atoms with Gasteiger partial charge in [0.05, 0.1) is 0 Å². The average Bonchev–Trinajstić information content (AvgIpc) is 2.75. The van der Waals surface area contributed by atoms with Gasteiger partial charge in [-0.15, -0.1) is 11.8 Å². The second kappa shape index (κ2) is 4.71. The van der Waals surface area contributed by atoms with Crippen molar-refractivity contribution in [3.8, 4) is 0 Å². The van der Waals surface area contributed by atoms with E-state index in [0.717, 1.165) is 6.42 Å². The van der Waals surface area contributed by atoms with Gasteiger partial charge in [-0.2, -0.15) is 0 Å². The van der Waals surface area contributed by atoms with E-state index in [-0.39, 0.29) is 0 Å². The third kappa shape index (κ3) is 2.35. The first-order chi connectivity index (χ1) is 7.31. The maximum atomic E-state index is 2.26. The highest BCUT2D eigenvalue weighted by Gasteiger charge is 2.16. The van der Waals surface area contributed by atoms with Gasteiger partial charge in [-0.3, -0.25) is 0 Å². The minimum absolute atomic E-state index is 0.623. The van der Waals surface area contributed by atoms with E-state index >= 15 is 0 Å². The third-order valence-corrected chi connectivity index (χ3v) is 3.86. The van der Waals surface area contributed by atoms with E-state index in [1.807, 2.05) is 11.8 Å². The maximum absolute atomic E-state index is 2.26. The Hall–Kier alpha value is -0.950. The molecule has 1 aromatic carbocycles. The standard InChI is InChI=1S/C14H16S/c1-3-13(14-5-4-10-15-14)12-8-6-11(2)7-9-12/h3-4,6-10,14H,5H2,1-2H3/b13-3-. The molecule has 1 heteroatoms. The number of allylic oxidation sites excluding steroid dienone is 2. The molecule has 0 spiro atoms. The van der Waals surface area contributed by atoms with Crippen LogP contribution in [-0.4, -0.2) is 5.25 Å². The zero-order chi connectivity index (χ0) is 10.7. The molecular formula is C14H16S. The van der Waals surface area contributed by atoms with E-state index in [9.17, 15) is 0 Å². The number of aryl methyl sites for hydroxylation is 1. The van der Waals surface area contributed by atoms with E-state index in [2.05, 4.69) is 55.7 Å². The molecule has 1 unspecified atom stereocenters. The van der Waals surface area contributed by atoms with Gasteiger partial charge in [0.25, 0.3) is 0 Å². The van der Waals surface area contributed by atoms with E-state index in [4.69, 9.17) is 0 Å². The van der Waals surface area contributed by atoms with Crippen LogP contribution in [-0.2, 0) is 0 Å². The molecule has 1 aromatic rings. The van der Waals surface area contributed by atoms with Crippen molar-refractivity contribution in [3.05, 3.63) is 53.0 Å². The first-order valence-corrected chi connectivity index (χ1v) is 6.29. The van der Waals surface area contributed by atoms with Crippen LogP contribution >= 0.6 is 11.8 Å². The van der Waals surface area contributed by atoms with Gasteiger partial charge in [-0.1, -0.05) is 42.0 Å². The lowest BCUT2D eigenvalue weighted by Gasteiger charge is -2.14. The Kier molecular flexibility index (Phi) is 3.32. The average molecular weight is 216 g/mol. The highest BCUT2D eigenvalue weighted by atomic mass is 32.2. The molecule has 78 valence electrons. The van der Waals surface area contributed by atoms with Crippen LogP contribution in [0, 0.1) is 6.92 Å². The summed E-state index contributed by atoms with van der Waals surface area (Å²) in [5, 5.41) is 2.83. The Morgan fingerprint density at radius 2 is 2.07 bits per heavy atom. The van der Waals surface area contributed by atoms with Crippen molar-refractivity contribution in [3.63, 3.8) is 0 Å². The lowest BCUT2D eigenvalue weighted by molar-refractivity contribution is 1.11. The van der Waals surface area contributed by atoms with Crippen LogP contribution in [0.5, 0.6) is 0 Å². The van der Waals surface area contributed by atoms with Gasteiger partial charge >= 0.3 is 0 Å². The van der Waals surface area contributed by atoms with Gasteiger partial charge in [-0.05, 0) is 36.8 Å². The van der Waals surface area contributed by atoms with Crippen molar-refractivity contribution in [1.82, 2.24) is 0 Å². The summed E-state index contributed by atoms with van der Waals surface area (Å²) in [4.78, 5) is 0. The molecule has 15 heavy (non-hydrogen) atoms. The molecule has 0 saturated carbocycles. The van der Waals surface area contributed by atoms with Crippen molar-refractivity contribution in [2.24, 2.45) is 0 Å². The van der Waals surface area contributed by atoms with Gasteiger partial charge in [0.2, 0.25) is 0 Å². The van der Waals surface area contributed by atoms with E-state index in [0.29, 0.717) is 5.25 Å². The van der Waals surface area contributed by atoms with Crippen molar-refractivity contribution < 1.29 is 0 Å². The van der Waals surface area contributed by atoms with Crippen molar-refractivity contribution in [2.75, 3.05) is 0 Å². The number of rotatable bonds is 2. The van der Waals surface area contributed by atoms with Crippen LogP contribution in [0.1, 0.15) is 24.5 Å². The quantitative estimate of drug-likeness (QED) is 0.705. The lowest BCUT2D eigenvalue weighted by atomic mass is 9.99. The monoisotopic (exact) mass is 216 g/mol. The van der Waals surface area contributed by atoms with Crippen molar-refractivity contribution >= 4 is 17.3 Å². The topological polar surface area (TPSA) is 0 Å². The Labute approximate surface area is 96.1 Å². The summed E-state index contributed by atoms with van der Waals surface area (Å²) in [6.07, 6.45) is 5.67. The summed E-state index contributed by atoms with van der Waals surface area (Å²) in [5.41, 5.74) is 4.15. The predicted octanol–water partition coefficient (Wildman–Crippen LogP) is 4.42. The fourth-order valence-electron chi connectivity index (χ4n) is 1.87. The molecular weight excluding hydrogens is 200 g/mol. The highest BCUT2D eigenvalue weighted by Crippen LogP contribution is 2.35. The largest absolute Gasteiger partial charge is 0.126 e. The van der Waals surface area contributed by atoms with Gasteiger partial charge in [0, 0.05) is 5.25 Å². The smallest absolute Gasteiger partial charge is 0.0375 e. The van der Waals surface area contributed by atoms with Crippen LogP contribution in [0.2, 0.25) is 0 Å². The normalized spacial score (nSPS) is 20.9. The molecule has 1 atom stereocenters. The Bertz CT molecular complexity index is 376. The summed E-state index contributed by atoms with van der Waals surface area (Å²) in [6.45, 7) is 4.26. The summed E-state index contributed by atoms with van der Waals surface area (Å²) in [5.74, 6) is 0. The molecule has 0 nitrogen and oxygen atoms in total. The summed E-state index contributed by atoms with van der Waals surface area (Å²) in [6, 6.07) is 8.82. The van der Waals surface area contributed by atoms with Gasteiger partial charge in [0.15, 0.2) is 0 Å². The third-order valence-electron chi connectivity index (χ3n) is 2.73. The Balaban J connectivity index is 2.23. The lowest BCUT2D eigenvalue weighted by Crippen LogP contribution is -2.01. The van der Waals surface area contributed by atoms with Gasteiger partial charge in [-0.25, -0.2) is 0 Å². The number of hydrogen-bond acceptors (Lipinski definition) is 1. The summed E-state index contributed by atoms with van der Waals surface area (Å²) >= 11 is 1.93. The molecule has 0 radical (unpaired) electrons. The number of benzene rings is 1. The van der Waals surface area contributed by atoms with Crippen LogP contribution in [0.25, 0.3) is 5.57 Å². The number of thioether (sulfide) groups is 1. The first kappa shape index (κ1) is 10.6.